The Morgan fingerprint density at radius 2 is 2.17 bits per heavy atom. The van der Waals surface area contributed by atoms with E-state index in [2.05, 4.69) is 5.32 Å². The Balaban J connectivity index is 2.42. The van der Waals surface area contributed by atoms with E-state index in [1.165, 1.54) is 0 Å². The molecule has 100 valence electrons. The molecule has 0 aliphatic heterocycles. The number of benzene rings is 1. The van der Waals surface area contributed by atoms with Gasteiger partial charge in [-0.05, 0) is 24.5 Å². The number of amides is 1. The lowest BCUT2D eigenvalue weighted by atomic mass is 10.1. The third-order valence-electron chi connectivity index (χ3n) is 2.66. The van der Waals surface area contributed by atoms with Crippen LogP contribution in [0.1, 0.15) is 25.3 Å². The number of nitrogens with one attached hydrogen (secondary N) is 1. The third kappa shape index (κ3) is 4.48. The second-order valence-electron chi connectivity index (χ2n) is 4.15. The van der Waals surface area contributed by atoms with Crippen LogP contribution < -0.4 is 11.1 Å². The Labute approximate surface area is 118 Å². The summed E-state index contributed by atoms with van der Waals surface area (Å²) in [4.78, 5) is 11.6. The SMILES string of the molecule is CCCC(N)C(=O)NCCc1cccc(Cl)c1Cl. The molecule has 1 unspecified atom stereocenters. The molecule has 0 saturated carbocycles. The molecule has 18 heavy (non-hydrogen) atoms. The van der Waals surface area contributed by atoms with Gasteiger partial charge in [-0.2, -0.15) is 0 Å². The average molecular weight is 289 g/mol. The van der Waals surface area contributed by atoms with E-state index in [1.54, 1.807) is 6.07 Å². The van der Waals surface area contributed by atoms with Crippen LogP contribution in [-0.2, 0) is 11.2 Å². The van der Waals surface area contributed by atoms with Crippen molar-refractivity contribution in [3.8, 4) is 0 Å². The lowest BCUT2D eigenvalue weighted by Crippen LogP contribution is -2.41. The molecule has 0 aliphatic carbocycles. The molecule has 1 rings (SSSR count). The smallest absolute Gasteiger partial charge is 0.236 e. The van der Waals surface area contributed by atoms with Crippen molar-refractivity contribution in [3.63, 3.8) is 0 Å². The maximum atomic E-state index is 11.6. The van der Waals surface area contributed by atoms with Gasteiger partial charge in [0.25, 0.3) is 0 Å². The van der Waals surface area contributed by atoms with Crippen LogP contribution in [-0.4, -0.2) is 18.5 Å². The van der Waals surface area contributed by atoms with Crippen LogP contribution in [0.4, 0.5) is 0 Å². The quantitative estimate of drug-likeness (QED) is 0.846. The first kappa shape index (κ1) is 15.3. The molecule has 3 nitrogen and oxygen atoms in total. The highest BCUT2D eigenvalue weighted by Gasteiger charge is 2.11. The van der Waals surface area contributed by atoms with Crippen molar-refractivity contribution in [2.24, 2.45) is 5.73 Å². The van der Waals surface area contributed by atoms with E-state index in [9.17, 15) is 4.79 Å². The zero-order valence-corrected chi connectivity index (χ0v) is 11.9. The standard InChI is InChI=1S/C13H18Cl2N2O/c1-2-4-11(16)13(18)17-8-7-9-5-3-6-10(14)12(9)15/h3,5-6,11H,2,4,7-8,16H2,1H3,(H,17,18). The van der Waals surface area contributed by atoms with E-state index in [0.29, 0.717) is 29.4 Å². The second-order valence-corrected chi connectivity index (χ2v) is 4.93. The van der Waals surface area contributed by atoms with Crippen LogP contribution in [0.3, 0.4) is 0 Å². The number of halogens is 2. The van der Waals surface area contributed by atoms with Gasteiger partial charge in [0.2, 0.25) is 5.91 Å². The van der Waals surface area contributed by atoms with Gasteiger partial charge in [-0.3, -0.25) is 4.79 Å². The second kappa shape index (κ2) is 7.62. The van der Waals surface area contributed by atoms with Crippen molar-refractivity contribution in [2.45, 2.75) is 32.2 Å². The van der Waals surface area contributed by atoms with Gasteiger partial charge in [0.1, 0.15) is 0 Å². The molecule has 1 amide bonds. The van der Waals surface area contributed by atoms with Crippen LogP contribution in [0, 0.1) is 0 Å². The Hall–Kier alpha value is -0.770. The summed E-state index contributed by atoms with van der Waals surface area (Å²) < 4.78 is 0. The number of hydrogen-bond donors (Lipinski definition) is 2. The molecule has 1 aromatic rings. The molecule has 5 heteroatoms. The van der Waals surface area contributed by atoms with Gasteiger partial charge < -0.3 is 11.1 Å². The van der Waals surface area contributed by atoms with Gasteiger partial charge in [-0.15, -0.1) is 0 Å². The van der Waals surface area contributed by atoms with E-state index in [4.69, 9.17) is 28.9 Å². The van der Waals surface area contributed by atoms with Crippen molar-refractivity contribution < 1.29 is 4.79 Å². The van der Waals surface area contributed by atoms with Crippen LogP contribution in [0.5, 0.6) is 0 Å². The van der Waals surface area contributed by atoms with Crippen molar-refractivity contribution in [1.29, 1.82) is 0 Å². The van der Waals surface area contributed by atoms with Crippen LogP contribution in [0.2, 0.25) is 10.0 Å². The number of rotatable bonds is 6. The summed E-state index contributed by atoms with van der Waals surface area (Å²) in [6.45, 7) is 2.51. The highest BCUT2D eigenvalue weighted by Crippen LogP contribution is 2.25. The van der Waals surface area contributed by atoms with Crippen LogP contribution >= 0.6 is 23.2 Å². The van der Waals surface area contributed by atoms with Gasteiger partial charge in [0.05, 0.1) is 16.1 Å². The first-order valence-electron chi connectivity index (χ1n) is 6.02. The fourth-order valence-corrected chi connectivity index (χ4v) is 2.05. The predicted octanol–water partition coefficient (Wildman–Crippen LogP) is 2.78. The van der Waals surface area contributed by atoms with Crippen LogP contribution in [0.25, 0.3) is 0 Å². The lowest BCUT2D eigenvalue weighted by Gasteiger charge is -2.11. The molecule has 1 atom stereocenters. The number of nitrogens with two attached hydrogens (primary N) is 1. The molecule has 0 spiro atoms. The molecule has 0 heterocycles. The minimum Gasteiger partial charge on any atom is -0.354 e. The first-order chi connectivity index (χ1) is 8.56. The summed E-state index contributed by atoms with van der Waals surface area (Å²) >= 11 is 12.0. The Kier molecular flexibility index (Phi) is 6.47. The molecule has 0 fully saturated rings. The summed E-state index contributed by atoms with van der Waals surface area (Å²) in [7, 11) is 0. The minimum atomic E-state index is -0.426. The number of hydrogen-bond acceptors (Lipinski definition) is 2. The summed E-state index contributed by atoms with van der Waals surface area (Å²) in [6, 6.07) is 5.05. The van der Waals surface area contributed by atoms with Gasteiger partial charge in [0.15, 0.2) is 0 Å². The highest BCUT2D eigenvalue weighted by molar-refractivity contribution is 6.42. The van der Waals surface area contributed by atoms with Crippen molar-refractivity contribution in [2.75, 3.05) is 6.54 Å². The largest absolute Gasteiger partial charge is 0.354 e. The van der Waals surface area contributed by atoms with E-state index >= 15 is 0 Å². The van der Waals surface area contributed by atoms with Crippen molar-refractivity contribution in [3.05, 3.63) is 33.8 Å². The monoisotopic (exact) mass is 288 g/mol. The fourth-order valence-electron chi connectivity index (χ4n) is 1.64. The topological polar surface area (TPSA) is 55.1 Å². The van der Waals surface area contributed by atoms with Crippen molar-refractivity contribution in [1.82, 2.24) is 5.32 Å². The lowest BCUT2D eigenvalue weighted by molar-refractivity contribution is -0.122. The summed E-state index contributed by atoms with van der Waals surface area (Å²) in [5, 5.41) is 3.87. The van der Waals surface area contributed by atoms with E-state index in [0.717, 1.165) is 12.0 Å². The Bertz CT molecular complexity index is 410. The van der Waals surface area contributed by atoms with E-state index in [-0.39, 0.29) is 5.91 Å². The van der Waals surface area contributed by atoms with Gasteiger partial charge in [0, 0.05) is 6.54 Å². The molecule has 0 bridgehead atoms. The molecule has 1 aromatic carbocycles. The van der Waals surface area contributed by atoms with Crippen molar-refractivity contribution >= 4 is 29.1 Å². The summed E-state index contributed by atoms with van der Waals surface area (Å²) in [6.07, 6.45) is 2.24. The number of carbonyl (C=O) groups is 1. The molecule has 0 saturated heterocycles. The number of carbonyl (C=O) groups excluding carboxylic acids is 1. The zero-order chi connectivity index (χ0) is 13.5. The minimum absolute atomic E-state index is 0.116. The predicted molar refractivity (Wildman–Crippen MR) is 76.1 cm³/mol. The zero-order valence-electron chi connectivity index (χ0n) is 10.4. The molecular weight excluding hydrogens is 271 g/mol. The molecule has 0 aromatic heterocycles. The van der Waals surface area contributed by atoms with Gasteiger partial charge in [-0.1, -0.05) is 48.7 Å². The third-order valence-corrected chi connectivity index (χ3v) is 3.52. The van der Waals surface area contributed by atoms with E-state index < -0.39 is 6.04 Å². The van der Waals surface area contributed by atoms with Gasteiger partial charge >= 0.3 is 0 Å². The highest BCUT2D eigenvalue weighted by atomic mass is 35.5. The fraction of sp³-hybridized carbons (Fsp3) is 0.462. The normalized spacial score (nSPS) is 12.2. The van der Waals surface area contributed by atoms with Gasteiger partial charge in [-0.25, -0.2) is 0 Å². The molecular formula is C13H18Cl2N2O. The average Bonchev–Trinajstić information content (AvgIpc) is 2.34. The first-order valence-corrected chi connectivity index (χ1v) is 6.78. The summed E-state index contributed by atoms with van der Waals surface area (Å²) in [5.41, 5.74) is 6.63. The Morgan fingerprint density at radius 1 is 1.44 bits per heavy atom. The molecule has 3 N–H and O–H groups in total. The molecule has 0 aliphatic rings. The van der Waals surface area contributed by atoms with E-state index in [1.807, 2.05) is 19.1 Å². The van der Waals surface area contributed by atoms with Crippen LogP contribution in [0.15, 0.2) is 18.2 Å². The molecule has 0 radical (unpaired) electrons. The maximum Gasteiger partial charge on any atom is 0.236 e. The summed E-state index contributed by atoms with van der Waals surface area (Å²) in [5.74, 6) is -0.116. The Morgan fingerprint density at radius 3 is 2.83 bits per heavy atom. The maximum absolute atomic E-state index is 11.6.